The van der Waals surface area contributed by atoms with Crippen LogP contribution >= 0.6 is 0 Å². The van der Waals surface area contributed by atoms with Gasteiger partial charge in [-0.2, -0.15) is 0 Å². The van der Waals surface area contributed by atoms with Gasteiger partial charge >= 0.3 is 0 Å². The molecule has 2 rings (SSSR count). The zero-order valence-corrected chi connectivity index (χ0v) is 10.7. The van der Waals surface area contributed by atoms with Crippen molar-refractivity contribution in [2.24, 2.45) is 0 Å². The van der Waals surface area contributed by atoms with E-state index in [-0.39, 0.29) is 0 Å². The van der Waals surface area contributed by atoms with E-state index >= 15 is 0 Å². The largest absolute Gasteiger partial charge is 0.366 e. The molecule has 5 heteroatoms. The quantitative estimate of drug-likeness (QED) is 0.899. The first kappa shape index (κ1) is 13.4. The molecular weight excluding hydrogens is 248 g/mol. The number of halogens is 2. The normalized spacial score (nSPS) is 10.5. The van der Waals surface area contributed by atoms with Gasteiger partial charge in [0.2, 0.25) is 0 Å². The molecule has 0 amide bonds. The van der Waals surface area contributed by atoms with E-state index in [0.717, 1.165) is 24.6 Å². The van der Waals surface area contributed by atoms with Gasteiger partial charge in [-0.05, 0) is 24.1 Å². The molecule has 0 aliphatic rings. The number of nitrogens with one attached hydrogen (secondary N) is 1. The second kappa shape index (κ2) is 6.22. The molecule has 19 heavy (non-hydrogen) atoms. The second-order valence-corrected chi connectivity index (χ2v) is 4.25. The van der Waals surface area contributed by atoms with Gasteiger partial charge < -0.3 is 5.32 Å². The van der Waals surface area contributed by atoms with Crippen LogP contribution in [0, 0.1) is 11.6 Å². The average Bonchev–Trinajstić information content (AvgIpc) is 2.41. The Kier molecular flexibility index (Phi) is 4.39. The Morgan fingerprint density at radius 2 is 1.95 bits per heavy atom. The maximum atomic E-state index is 13.0. The summed E-state index contributed by atoms with van der Waals surface area (Å²) >= 11 is 0. The van der Waals surface area contributed by atoms with Gasteiger partial charge in [0, 0.05) is 18.3 Å². The van der Waals surface area contributed by atoms with Crippen LogP contribution < -0.4 is 5.32 Å². The number of hydrogen-bond donors (Lipinski definition) is 1. The summed E-state index contributed by atoms with van der Waals surface area (Å²) in [7, 11) is 0. The van der Waals surface area contributed by atoms with Gasteiger partial charge in [0.25, 0.3) is 0 Å². The maximum Gasteiger partial charge on any atom is 0.159 e. The number of rotatable bonds is 5. The number of benzene rings is 1. The first-order chi connectivity index (χ1) is 9.19. The minimum absolute atomic E-state index is 0.389. The highest BCUT2D eigenvalue weighted by Gasteiger charge is 2.03. The molecule has 1 heterocycles. The van der Waals surface area contributed by atoms with Crippen molar-refractivity contribution in [2.75, 3.05) is 5.32 Å². The Bertz CT molecular complexity index is 558. The number of nitrogens with zero attached hydrogens (tertiary/aromatic N) is 2. The van der Waals surface area contributed by atoms with E-state index in [1.165, 1.54) is 12.4 Å². The number of hydrogen-bond acceptors (Lipinski definition) is 3. The minimum Gasteiger partial charge on any atom is -0.366 e. The fourth-order valence-corrected chi connectivity index (χ4v) is 1.73. The summed E-state index contributed by atoms with van der Waals surface area (Å²) in [4.78, 5) is 8.24. The lowest BCUT2D eigenvalue weighted by Gasteiger charge is -2.07. The Balaban J connectivity index is 2.01. The summed E-state index contributed by atoms with van der Waals surface area (Å²) in [6.45, 7) is 2.47. The lowest BCUT2D eigenvalue weighted by Crippen LogP contribution is -2.03. The van der Waals surface area contributed by atoms with Crippen LogP contribution in [0.5, 0.6) is 0 Å². The number of anilines is 1. The standard InChI is InChI=1S/C14H15F2N3/c1-2-3-11-7-14(19-9-18-11)17-8-10-4-5-12(15)13(16)6-10/h4-7,9H,2-3,8H2,1H3,(H,17,18,19). The van der Waals surface area contributed by atoms with Crippen LogP contribution in [0.3, 0.4) is 0 Å². The van der Waals surface area contributed by atoms with Gasteiger partial charge in [0.1, 0.15) is 12.1 Å². The van der Waals surface area contributed by atoms with Gasteiger partial charge in [-0.25, -0.2) is 18.7 Å². The molecule has 0 unspecified atom stereocenters. The molecule has 0 aliphatic carbocycles. The van der Waals surface area contributed by atoms with Crippen molar-refractivity contribution in [3.8, 4) is 0 Å². The summed E-state index contributed by atoms with van der Waals surface area (Å²) in [6, 6.07) is 5.70. The molecule has 100 valence electrons. The molecule has 0 aliphatic heterocycles. The molecule has 1 aromatic heterocycles. The fourth-order valence-electron chi connectivity index (χ4n) is 1.73. The topological polar surface area (TPSA) is 37.8 Å². The van der Waals surface area contributed by atoms with E-state index in [4.69, 9.17) is 0 Å². The lowest BCUT2D eigenvalue weighted by molar-refractivity contribution is 0.507. The first-order valence-corrected chi connectivity index (χ1v) is 6.17. The van der Waals surface area contributed by atoms with E-state index in [1.807, 2.05) is 6.07 Å². The molecule has 0 saturated heterocycles. The molecule has 2 aromatic rings. The van der Waals surface area contributed by atoms with E-state index in [1.54, 1.807) is 6.07 Å². The minimum atomic E-state index is -0.839. The van der Waals surface area contributed by atoms with Crippen molar-refractivity contribution in [1.29, 1.82) is 0 Å². The Morgan fingerprint density at radius 1 is 1.11 bits per heavy atom. The van der Waals surface area contributed by atoms with Crippen LogP contribution in [0.1, 0.15) is 24.6 Å². The smallest absolute Gasteiger partial charge is 0.159 e. The Labute approximate surface area is 110 Å². The Hall–Kier alpha value is -2.04. The molecule has 0 fully saturated rings. The van der Waals surface area contributed by atoms with Crippen LogP contribution in [0.2, 0.25) is 0 Å². The van der Waals surface area contributed by atoms with Crippen molar-refractivity contribution in [3.05, 3.63) is 53.5 Å². The third-order valence-corrected chi connectivity index (χ3v) is 2.69. The molecule has 1 N–H and O–H groups in total. The zero-order chi connectivity index (χ0) is 13.7. The summed E-state index contributed by atoms with van der Waals surface area (Å²) in [5.74, 6) is -0.993. The van der Waals surface area contributed by atoms with Gasteiger partial charge in [0.15, 0.2) is 11.6 Å². The molecule has 0 atom stereocenters. The van der Waals surface area contributed by atoms with Gasteiger partial charge in [-0.3, -0.25) is 0 Å². The van der Waals surface area contributed by atoms with Crippen molar-refractivity contribution < 1.29 is 8.78 Å². The van der Waals surface area contributed by atoms with Crippen molar-refractivity contribution in [3.63, 3.8) is 0 Å². The number of aromatic nitrogens is 2. The van der Waals surface area contributed by atoms with Crippen LogP contribution in [-0.2, 0) is 13.0 Å². The van der Waals surface area contributed by atoms with Crippen LogP contribution in [-0.4, -0.2) is 9.97 Å². The highest BCUT2D eigenvalue weighted by Crippen LogP contribution is 2.11. The molecule has 3 nitrogen and oxygen atoms in total. The summed E-state index contributed by atoms with van der Waals surface area (Å²) in [5, 5.41) is 3.07. The van der Waals surface area contributed by atoms with E-state index < -0.39 is 11.6 Å². The molecule has 0 spiro atoms. The monoisotopic (exact) mass is 263 g/mol. The lowest BCUT2D eigenvalue weighted by atomic mass is 10.2. The third kappa shape index (κ3) is 3.71. The second-order valence-electron chi connectivity index (χ2n) is 4.25. The SMILES string of the molecule is CCCc1cc(NCc2ccc(F)c(F)c2)ncn1. The van der Waals surface area contributed by atoms with E-state index in [9.17, 15) is 8.78 Å². The highest BCUT2D eigenvalue weighted by atomic mass is 19.2. The van der Waals surface area contributed by atoms with Gasteiger partial charge in [0.05, 0.1) is 0 Å². The molecule has 0 radical (unpaired) electrons. The number of aryl methyl sites for hydroxylation is 1. The van der Waals surface area contributed by atoms with Crippen LogP contribution in [0.4, 0.5) is 14.6 Å². The predicted octanol–water partition coefficient (Wildman–Crippen LogP) is 3.32. The van der Waals surface area contributed by atoms with Crippen LogP contribution in [0.15, 0.2) is 30.6 Å². The summed E-state index contributed by atoms with van der Waals surface area (Å²) in [6.07, 6.45) is 3.40. The highest BCUT2D eigenvalue weighted by molar-refractivity contribution is 5.36. The molecule has 1 aromatic carbocycles. The third-order valence-electron chi connectivity index (χ3n) is 2.69. The zero-order valence-electron chi connectivity index (χ0n) is 10.7. The fraction of sp³-hybridized carbons (Fsp3) is 0.286. The van der Waals surface area contributed by atoms with E-state index in [0.29, 0.717) is 17.9 Å². The molecule has 0 bridgehead atoms. The van der Waals surface area contributed by atoms with Crippen molar-refractivity contribution >= 4 is 5.82 Å². The van der Waals surface area contributed by atoms with Crippen molar-refractivity contribution in [1.82, 2.24) is 9.97 Å². The maximum absolute atomic E-state index is 13.0. The molecule has 0 saturated carbocycles. The van der Waals surface area contributed by atoms with Gasteiger partial charge in [-0.15, -0.1) is 0 Å². The summed E-state index contributed by atoms with van der Waals surface area (Å²) < 4.78 is 25.8. The predicted molar refractivity (Wildman–Crippen MR) is 69.7 cm³/mol. The average molecular weight is 263 g/mol. The van der Waals surface area contributed by atoms with E-state index in [2.05, 4.69) is 22.2 Å². The Morgan fingerprint density at radius 3 is 2.68 bits per heavy atom. The van der Waals surface area contributed by atoms with Crippen molar-refractivity contribution in [2.45, 2.75) is 26.3 Å². The van der Waals surface area contributed by atoms with Crippen LogP contribution in [0.25, 0.3) is 0 Å². The summed E-state index contributed by atoms with van der Waals surface area (Å²) in [5.41, 5.74) is 1.62. The molecular formula is C14H15F2N3. The first-order valence-electron chi connectivity index (χ1n) is 6.17. The van der Waals surface area contributed by atoms with Gasteiger partial charge in [-0.1, -0.05) is 19.4 Å².